The molecule has 0 spiro atoms. The second-order valence-corrected chi connectivity index (χ2v) is 6.54. The van der Waals surface area contributed by atoms with E-state index in [1.54, 1.807) is 53.7 Å². The van der Waals surface area contributed by atoms with E-state index in [2.05, 4.69) is 0 Å². The van der Waals surface area contributed by atoms with Crippen LogP contribution in [0.25, 0.3) is 0 Å². The van der Waals surface area contributed by atoms with E-state index in [9.17, 15) is 9.59 Å². The first kappa shape index (κ1) is 15.5. The van der Waals surface area contributed by atoms with Gasteiger partial charge in [-0.15, -0.1) is 0 Å². The molecular formula is C14H23NO4. The van der Waals surface area contributed by atoms with Crippen molar-refractivity contribution in [3.63, 3.8) is 0 Å². The van der Waals surface area contributed by atoms with E-state index in [1.807, 2.05) is 0 Å². The third kappa shape index (κ3) is 4.93. The van der Waals surface area contributed by atoms with Gasteiger partial charge in [0.25, 0.3) is 0 Å². The molecule has 1 aliphatic rings. The van der Waals surface area contributed by atoms with Crippen molar-refractivity contribution >= 4 is 12.1 Å². The molecule has 0 aliphatic carbocycles. The normalized spacial score (nSPS) is 19.5. The number of rotatable bonds is 1. The topological polar surface area (TPSA) is 55.8 Å². The average Bonchev–Trinajstić information content (AvgIpc) is 2.59. The summed E-state index contributed by atoms with van der Waals surface area (Å²) >= 11 is 0. The summed E-state index contributed by atoms with van der Waals surface area (Å²) in [6.07, 6.45) is 2.92. The van der Waals surface area contributed by atoms with Crippen LogP contribution in [0.2, 0.25) is 0 Å². The van der Waals surface area contributed by atoms with Crippen molar-refractivity contribution in [1.82, 2.24) is 4.90 Å². The number of carbonyl (C=O) groups excluding carboxylic acids is 2. The number of carbonyl (C=O) groups is 2. The Bertz CT molecular complexity index is 387. The molecule has 1 rings (SSSR count). The minimum Gasteiger partial charge on any atom is -0.458 e. The Hall–Kier alpha value is -1.52. The molecule has 19 heavy (non-hydrogen) atoms. The number of esters is 1. The fraction of sp³-hybridized carbons (Fsp3) is 0.714. The van der Waals surface area contributed by atoms with Crippen LogP contribution in [-0.2, 0) is 14.3 Å². The molecule has 0 aromatic carbocycles. The molecule has 0 aromatic heterocycles. The third-order valence-corrected chi connectivity index (χ3v) is 2.23. The number of hydrogen-bond acceptors (Lipinski definition) is 4. The van der Waals surface area contributed by atoms with E-state index < -0.39 is 29.3 Å². The molecule has 0 saturated heterocycles. The lowest BCUT2D eigenvalue weighted by molar-refractivity contribution is -0.158. The molecule has 1 atom stereocenters. The van der Waals surface area contributed by atoms with Gasteiger partial charge in [0.05, 0.1) is 0 Å². The number of ether oxygens (including phenoxy) is 2. The van der Waals surface area contributed by atoms with Crippen LogP contribution in [0.1, 0.15) is 41.5 Å². The van der Waals surface area contributed by atoms with Crippen molar-refractivity contribution in [2.75, 3.05) is 6.54 Å². The summed E-state index contributed by atoms with van der Waals surface area (Å²) in [6, 6.07) is -0.700. The largest absolute Gasteiger partial charge is 0.458 e. The molecule has 0 radical (unpaired) electrons. The van der Waals surface area contributed by atoms with Crippen LogP contribution < -0.4 is 0 Å². The molecule has 1 aliphatic heterocycles. The van der Waals surface area contributed by atoms with Crippen molar-refractivity contribution in [3.05, 3.63) is 12.2 Å². The molecule has 1 amide bonds. The first-order valence-corrected chi connectivity index (χ1v) is 6.39. The van der Waals surface area contributed by atoms with Gasteiger partial charge in [-0.3, -0.25) is 4.90 Å². The molecule has 108 valence electrons. The van der Waals surface area contributed by atoms with Gasteiger partial charge in [-0.05, 0) is 41.5 Å². The van der Waals surface area contributed by atoms with E-state index in [0.717, 1.165) is 0 Å². The van der Waals surface area contributed by atoms with Crippen LogP contribution in [0.4, 0.5) is 4.79 Å². The van der Waals surface area contributed by atoms with Gasteiger partial charge in [0.15, 0.2) is 6.04 Å². The highest BCUT2D eigenvalue weighted by molar-refractivity contribution is 5.84. The van der Waals surface area contributed by atoms with Gasteiger partial charge < -0.3 is 9.47 Å². The van der Waals surface area contributed by atoms with Gasteiger partial charge in [-0.1, -0.05) is 12.2 Å². The van der Waals surface area contributed by atoms with Crippen LogP contribution in [-0.4, -0.2) is 40.8 Å². The Morgan fingerprint density at radius 3 is 2.05 bits per heavy atom. The van der Waals surface area contributed by atoms with Crippen LogP contribution in [0.15, 0.2) is 12.2 Å². The zero-order valence-electron chi connectivity index (χ0n) is 12.5. The molecule has 0 N–H and O–H groups in total. The fourth-order valence-corrected chi connectivity index (χ4v) is 1.60. The van der Waals surface area contributed by atoms with E-state index in [1.165, 1.54) is 4.90 Å². The van der Waals surface area contributed by atoms with Gasteiger partial charge in [0, 0.05) is 6.54 Å². The third-order valence-electron chi connectivity index (χ3n) is 2.23. The van der Waals surface area contributed by atoms with Crippen molar-refractivity contribution < 1.29 is 19.1 Å². The zero-order chi connectivity index (χ0) is 14.8. The lowest BCUT2D eigenvalue weighted by atomic mass is 10.2. The highest BCUT2D eigenvalue weighted by Crippen LogP contribution is 2.19. The Kier molecular flexibility index (Phi) is 4.28. The summed E-state index contributed by atoms with van der Waals surface area (Å²) in [6.45, 7) is 11.1. The number of hydrogen-bond donors (Lipinski definition) is 0. The molecule has 0 fully saturated rings. The van der Waals surface area contributed by atoms with Gasteiger partial charge in [-0.25, -0.2) is 9.59 Å². The Balaban J connectivity index is 2.71. The van der Waals surface area contributed by atoms with Gasteiger partial charge in [0.1, 0.15) is 11.2 Å². The Morgan fingerprint density at radius 1 is 1.05 bits per heavy atom. The molecule has 1 heterocycles. The zero-order valence-corrected chi connectivity index (χ0v) is 12.5. The molecule has 0 unspecified atom stereocenters. The van der Waals surface area contributed by atoms with Gasteiger partial charge >= 0.3 is 12.1 Å². The standard InChI is InChI=1S/C14H23NO4/c1-13(2,3)18-11(16)10-8-7-9-15(10)12(17)19-14(4,5)6/h7-8,10H,9H2,1-6H3/t10-/m0/s1. The van der Waals surface area contributed by atoms with E-state index in [0.29, 0.717) is 6.54 Å². The fourth-order valence-electron chi connectivity index (χ4n) is 1.60. The SMILES string of the molecule is CC(C)(C)OC(=O)[C@@H]1C=CCN1C(=O)OC(C)(C)C. The molecule has 0 saturated carbocycles. The molecular weight excluding hydrogens is 246 g/mol. The maximum atomic E-state index is 12.0. The van der Waals surface area contributed by atoms with E-state index in [4.69, 9.17) is 9.47 Å². The van der Waals surface area contributed by atoms with Crippen molar-refractivity contribution in [3.8, 4) is 0 Å². The average molecular weight is 269 g/mol. The van der Waals surface area contributed by atoms with Crippen molar-refractivity contribution in [2.24, 2.45) is 0 Å². The highest BCUT2D eigenvalue weighted by Gasteiger charge is 2.36. The lowest BCUT2D eigenvalue weighted by Crippen LogP contribution is -2.45. The predicted molar refractivity (Wildman–Crippen MR) is 71.7 cm³/mol. The summed E-state index contributed by atoms with van der Waals surface area (Å²) in [7, 11) is 0. The molecule has 0 aromatic rings. The molecule has 5 heteroatoms. The molecule has 5 nitrogen and oxygen atoms in total. The lowest BCUT2D eigenvalue weighted by Gasteiger charge is -2.29. The maximum Gasteiger partial charge on any atom is 0.411 e. The second-order valence-electron chi connectivity index (χ2n) is 6.54. The molecule has 0 bridgehead atoms. The smallest absolute Gasteiger partial charge is 0.411 e. The first-order valence-electron chi connectivity index (χ1n) is 6.39. The number of nitrogens with zero attached hydrogens (tertiary/aromatic N) is 1. The minimum atomic E-state index is -0.700. The summed E-state index contributed by atoms with van der Waals surface area (Å²) in [5, 5.41) is 0. The summed E-state index contributed by atoms with van der Waals surface area (Å²) < 4.78 is 10.6. The van der Waals surface area contributed by atoms with Crippen LogP contribution >= 0.6 is 0 Å². The van der Waals surface area contributed by atoms with Gasteiger partial charge in [0.2, 0.25) is 0 Å². The Morgan fingerprint density at radius 2 is 1.58 bits per heavy atom. The first-order chi connectivity index (χ1) is 8.49. The minimum absolute atomic E-state index is 0.360. The van der Waals surface area contributed by atoms with Crippen molar-refractivity contribution in [1.29, 1.82) is 0 Å². The number of amides is 1. The second kappa shape index (κ2) is 5.23. The summed E-state index contributed by atoms with van der Waals surface area (Å²) in [5.41, 5.74) is -1.16. The van der Waals surface area contributed by atoms with Crippen LogP contribution in [0.5, 0.6) is 0 Å². The monoisotopic (exact) mass is 269 g/mol. The van der Waals surface area contributed by atoms with E-state index in [-0.39, 0.29) is 0 Å². The predicted octanol–water partition coefficient (Wildman–Crippen LogP) is 2.50. The van der Waals surface area contributed by atoms with E-state index >= 15 is 0 Å². The van der Waals surface area contributed by atoms with Crippen molar-refractivity contribution in [2.45, 2.75) is 58.8 Å². The van der Waals surface area contributed by atoms with Crippen LogP contribution in [0.3, 0.4) is 0 Å². The maximum absolute atomic E-state index is 12.0. The van der Waals surface area contributed by atoms with Gasteiger partial charge in [-0.2, -0.15) is 0 Å². The summed E-state index contributed by atoms with van der Waals surface area (Å²) in [4.78, 5) is 25.4. The quantitative estimate of drug-likeness (QED) is 0.542. The Labute approximate surface area is 114 Å². The van der Waals surface area contributed by atoms with Crippen LogP contribution in [0, 0.1) is 0 Å². The highest BCUT2D eigenvalue weighted by atomic mass is 16.6. The summed E-state index contributed by atoms with van der Waals surface area (Å²) in [5.74, 6) is -0.438.